The smallest absolute Gasteiger partial charge is 0.371 e. The standard InChI is InChI=1S/C18H17FN2O5/c1-21-15(22)8-13(16(21)10-2-4-11(19)5-3-10)17(23)20-9-12-6-7-14(26-12)18(24)25/h2-7,13,16H,8-9H2,1H3,(H,20,23)(H,24,25). The van der Waals surface area contributed by atoms with Gasteiger partial charge >= 0.3 is 5.97 Å². The SMILES string of the molecule is CN1C(=O)CC(C(=O)NCc2ccc(C(=O)O)o2)C1c1ccc(F)cc1. The van der Waals surface area contributed by atoms with E-state index in [0.717, 1.165) is 0 Å². The van der Waals surface area contributed by atoms with E-state index < -0.39 is 23.7 Å². The minimum absolute atomic E-state index is 0.0106. The van der Waals surface area contributed by atoms with Crippen LogP contribution in [0.3, 0.4) is 0 Å². The maximum atomic E-state index is 13.2. The third-order valence-electron chi connectivity index (χ3n) is 4.44. The predicted octanol–water partition coefficient (Wildman–Crippen LogP) is 1.95. The highest BCUT2D eigenvalue weighted by atomic mass is 19.1. The molecule has 136 valence electrons. The van der Waals surface area contributed by atoms with Crippen molar-refractivity contribution in [1.82, 2.24) is 10.2 Å². The number of hydrogen-bond donors (Lipinski definition) is 2. The molecular formula is C18H17FN2O5. The summed E-state index contributed by atoms with van der Waals surface area (Å²) in [4.78, 5) is 36.9. The van der Waals surface area contributed by atoms with Gasteiger partial charge in [-0.3, -0.25) is 9.59 Å². The number of halogens is 1. The van der Waals surface area contributed by atoms with Crippen molar-refractivity contribution in [3.05, 3.63) is 59.3 Å². The summed E-state index contributed by atoms with van der Waals surface area (Å²) in [5, 5.41) is 11.5. The maximum absolute atomic E-state index is 13.2. The highest BCUT2D eigenvalue weighted by Crippen LogP contribution is 2.37. The van der Waals surface area contributed by atoms with Crippen LogP contribution in [-0.4, -0.2) is 34.8 Å². The molecule has 1 aliphatic heterocycles. The van der Waals surface area contributed by atoms with Crippen LogP contribution in [0.5, 0.6) is 0 Å². The molecule has 26 heavy (non-hydrogen) atoms. The summed E-state index contributed by atoms with van der Waals surface area (Å²) in [6.45, 7) is 0.0106. The molecule has 1 aromatic carbocycles. The molecular weight excluding hydrogens is 343 g/mol. The molecule has 2 N–H and O–H groups in total. The minimum atomic E-state index is -1.19. The predicted molar refractivity (Wildman–Crippen MR) is 87.5 cm³/mol. The highest BCUT2D eigenvalue weighted by Gasteiger charge is 2.42. The maximum Gasteiger partial charge on any atom is 0.371 e. The van der Waals surface area contributed by atoms with Gasteiger partial charge in [0.05, 0.1) is 18.5 Å². The Bertz CT molecular complexity index is 846. The first-order valence-electron chi connectivity index (χ1n) is 7.97. The number of aromatic carboxylic acids is 1. The number of furan rings is 1. The van der Waals surface area contributed by atoms with Gasteiger partial charge in [0, 0.05) is 13.5 Å². The lowest BCUT2D eigenvalue weighted by molar-refractivity contribution is -0.128. The molecule has 0 saturated carbocycles. The molecule has 3 rings (SSSR count). The van der Waals surface area contributed by atoms with Gasteiger partial charge in [-0.25, -0.2) is 9.18 Å². The summed E-state index contributed by atoms with van der Waals surface area (Å²) in [7, 11) is 1.61. The molecule has 0 radical (unpaired) electrons. The first-order chi connectivity index (χ1) is 12.4. The summed E-state index contributed by atoms with van der Waals surface area (Å²) in [5.74, 6) is -2.67. The van der Waals surface area contributed by atoms with Crippen molar-refractivity contribution >= 4 is 17.8 Å². The monoisotopic (exact) mass is 360 g/mol. The first kappa shape index (κ1) is 17.7. The van der Waals surface area contributed by atoms with Crippen LogP contribution in [0.25, 0.3) is 0 Å². The second kappa shape index (κ2) is 6.99. The summed E-state index contributed by atoms with van der Waals surface area (Å²) in [5.41, 5.74) is 0.672. The van der Waals surface area contributed by atoms with Gasteiger partial charge in [-0.05, 0) is 29.8 Å². The molecule has 0 bridgehead atoms. The number of benzene rings is 1. The van der Waals surface area contributed by atoms with E-state index in [1.807, 2.05) is 0 Å². The fourth-order valence-electron chi connectivity index (χ4n) is 3.11. The molecule has 1 aliphatic rings. The molecule has 7 nitrogen and oxygen atoms in total. The van der Waals surface area contributed by atoms with E-state index in [9.17, 15) is 18.8 Å². The van der Waals surface area contributed by atoms with Crippen LogP contribution in [0.2, 0.25) is 0 Å². The summed E-state index contributed by atoms with van der Waals surface area (Å²) >= 11 is 0. The molecule has 1 aromatic heterocycles. The normalized spacial score (nSPS) is 19.6. The molecule has 2 atom stereocenters. The largest absolute Gasteiger partial charge is 0.475 e. The number of carboxylic acid groups (broad SMARTS) is 1. The fraction of sp³-hybridized carbons (Fsp3) is 0.278. The Hall–Kier alpha value is -3.16. The Labute approximate surface area is 148 Å². The number of amides is 2. The van der Waals surface area contributed by atoms with E-state index >= 15 is 0 Å². The molecule has 1 fully saturated rings. The van der Waals surface area contributed by atoms with Gasteiger partial charge in [0.25, 0.3) is 0 Å². The van der Waals surface area contributed by atoms with Gasteiger partial charge in [-0.1, -0.05) is 12.1 Å². The van der Waals surface area contributed by atoms with Gasteiger partial charge in [0.1, 0.15) is 11.6 Å². The molecule has 0 aliphatic carbocycles. The van der Waals surface area contributed by atoms with Crippen LogP contribution in [0.4, 0.5) is 4.39 Å². The lowest BCUT2D eigenvalue weighted by atomic mass is 9.93. The quantitative estimate of drug-likeness (QED) is 0.849. The molecule has 8 heteroatoms. The highest BCUT2D eigenvalue weighted by molar-refractivity contribution is 5.90. The molecule has 1 saturated heterocycles. The lowest BCUT2D eigenvalue weighted by Gasteiger charge is -2.24. The Morgan fingerprint density at radius 3 is 2.58 bits per heavy atom. The summed E-state index contributed by atoms with van der Waals surface area (Å²) in [6, 6.07) is 7.97. The first-order valence-corrected chi connectivity index (χ1v) is 7.97. The zero-order valence-electron chi connectivity index (χ0n) is 13.9. The van der Waals surface area contributed by atoms with Crippen molar-refractivity contribution in [3.8, 4) is 0 Å². The van der Waals surface area contributed by atoms with Gasteiger partial charge < -0.3 is 19.7 Å². The van der Waals surface area contributed by atoms with Crippen molar-refractivity contribution in [2.24, 2.45) is 5.92 Å². The molecule has 2 heterocycles. The van der Waals surface area contributed by atoms with E-state index in [4.69, 9.17) is 9.52 Å². The van der Waals surface area contributed by atoms with Gasteiger partial charge in [-0.15, -0.1) is 0 Å². The summed E-state index contributed by atoms with van der Waals surface area (Å²) in [6.07, 6.45) is 0.0446. The van der Waals surface area contributed by atoms with Crippen molar-refractivity contribution < 1.29 is 28.3 Å². The van der Waals surface area contributed by atoms with E-state index in [2.05, 4.69) is 5.32 Å². The average Bonchev–Trinajstić information content (AvgIpc) is 3.20. The number of carbonyl (C=O) groups is 3. The van der Waals surface area contributed by atoms with Gasteiger partial charge in [-0.2, -0.15) is 0 Å². The molecule has 2 aromatic rings. The molecule has 0 spiro atoms. The second-order valence-electron chi connectivity index (χ2n) is 6.10. The Morgan fingerprint density at radius 1 is 1.27 bits per heavy atom. The van der Waals surface area contributed by atoms with E-state index in [0.29, 0.717) is 11.3 Å². The fourth-order valence-corrected chi connectivity index (χ4v) is 3.11. The van der Waals surface area contributed by atoms with Crippen LogP contribution < -0.4 is 5.32 Å². The van der Waals surface area contributed by atoms with Crippen LogP contribution >= 0.6 is 0 Å². The summed E-state index contributed by atoms with van der Waals surface area (Å²) < 4.78 is 18.3. The Kier molecular flexibility index (Phi) is 4.75. The number of carboxylic acids is 1. The number of carbonyl (C=O) groups excluding carboxylic acids is 2. The third kappa shape index (κ3) is 3.44. The van der Waals surface area contributed by atoms with E-state index in [1.54, 1.807) is 19.2 Å². The average molecular weight is 360 g/mol. The number of rotatable bonds is 5. The van der Waals surface area contributed by atoms with Gasteiger partial charge in [0.2, 0.25) is 17.6 Å². The lowest BCUT2D eigenvalue weighted by Crippen LogP contribution is -2.34. The van der Waals surface area contributed by atoms with Crippen LogP contribution in [0.1, 0.15) is 34.3 Å². The number of likely N-dealkylation sites (tertiary alicyclic amines) is 1. The van der Waals surface area contributed by atoms with Crippen LogP contribution in [0.15, 0.2) is 40.8 Å². The Morgan fingerprint density at radius 2 is 1.96 bits per heavy atom. The molecule has 2 unspecified atom stereocenters. The minimum Gasteiger partial charge on any atom is -0.475 e. The Balaban J connectivity index is 1.72. The zero-order valence-corrected chi connectivity index (χ0v) is 13.9. The second-order valence-corrected chi connectivity index (χ2v) is 6.10. The van der Waals surface area contributed by atoms with Crippen molar-refractivity contribution in [2.75, 3.05) is 7.05 Å². The number of nitrogens with one attached hydrogen (secondary N) is 1. The number of hydrogen-bond acceptors (Lipinski definition) is 4. The van der Waals surface area contributed by atoms with Crippen LogP contribution in [0, 0.1) is 11.7 Å². The van der Waals surface area contributed by atoms with Gasteiger partial charge in [0.15, 0.2) is 0 Å². The van der Waals surface area contributed by atoms with E-state index in [-0.39, 0.29) is 30.5 Å². The third-order valence-corrected chi connectivity index (χ3v) is 4.44. The van der Waals surface area contributed by atoms with Crippen LogP contribution in [-0.2, 0) is 16.1 Å². The van der Waals surface area contributed by atoms with Crippen molar-refractivity contribution in [2.45, 2.75) is 19.0 Å². The zero-order chi connectivity index (χ0) is 18.8. The molecule has 2 amide bonds. The van der Waals surface area contributed by atoms with E-state index in [1.165, 1.54) is 29.2 Å². The topological polar surface area (TPSA) is 99.9 Å². The van der Waals surface area contributed by atoms with Crippen molar-refractivity contribution in [1.29, 1.82) is 0 Å². The number of nitrogens with zero attached hydrogens (tertiary/aromatic N) is 1. The van der Waals surface area contributed by atoms with Crippen molar-refractivity contribution in [3.63, 3.8) is 0 Å².